The number of hydrogen-bond acceptors (Lipinski definition) is 3. The van der Waals surface area contributed by atoms with Crippen molar-refractivity contribution in [1.82, 2.24) is 0 Å². The van der Waals surface area contributed by atoms with Crippen molar-refractivity contribution in [3.63, 3.8) is 0 Å². The highest BCUT2D eigenvalue weighted by molar-refractivity contribution is 6.72. The molecule has 0 amide bonds. The third-order valence-electron chi connectivity index (χ3n) is 4.99. The molecule has 0 radical (unpaired) electrons. The lowest BCUT2D eigenvalue weighted by atomic mass is 9.95. The lowest BCUT2D eigenvalue weighted by molar-refractivity contribution is 0.0548. The Balaban J connectivity index is 2.19. The van der Waals surface area contributed by atoms with Crippen molar-refractivity contribution < 1.29 is 14.0 Å². The van der Waals surface area contributed by atoms with Crippen molar-refractivity contribution in [2.45, 2.75) is 51.9 Å². The van der Waals surface area contributed by atoms with Crippen LogP contribution in [0.15, 0.2) is 54.6 Å². The van der Waals surface area contributed by atoms with Crippen LogP contribution in [0.4, 0.5) is 0 Å². The van der Waals surface area contributed by atoms with Gasteiger partial charge in [0.25, 0.3) is 0 Å². The van der Waals surface area contributed by atoms with E-state index in [-0.39, 0.29) is 11.6 Å². The average molecular weight is 369 g/mol. The summed E-state index contributed by atoms with van der Waals surface area (Å²) in [6.45, 7) is 10.1. The third kappa shape index (κ3) is 4.57. The first-order valence-electron chi connectivity index (χ1n) is 9.17. The summed E-state index contributed by atoms with van der Waals surface area (Å²) >= 11 is 0. The number of carbonyl (C=O) groups excluding carboxylic acids is 2. The lowest BCUT2D eigenvalue weighted by Crippen LogP contribution is -2.46. The van der Waals surface area contributed by atoms with E-state index >= 15 is 0 Å². The fourth-order valence-corrected chi connectivity index (χ4v) is 5.05. The summed E-state index contributed by atoms with van der Waals surface area (Å²) in [5, 5.41) is 0. The number of rotatable bonds is 8. The van der Waals surface area contributed by atoms with E-state index in [0.717, 1.165) is 12.1 Å². The van der Waals surface area contributed by atoms with Crippen molar-refractivity contribution in [2.24, 2.45) is 0 Å². The van der Waals surface area contributed by atoms with Gasteiger partial charge in [0, 0.05) is 16.7 Å². The molecule has 0 atom stereocenters. The molecule has 4 heteroatoms. The monoisotopic (exact) mass is 368 g/mol. The molecule has 0 spiro atoms. The number of hydrogen-bond donors (Lipinski definition) is 0. The van der Waals surface area contributed by atoms with Gasteiger partial charge in [0.2, 0.25) is 0 Å². The SMILES string of the molecule is CC[Si](C)(CC)OC(C)(C)C(=O)c1ccc(C(=O)c2ccccc2)cc1. The number of benzene rings is 2. The van der Waals surface area contributed by atoms with Gasteiger partial charge in [0.1, 0.15) is 5.60 Å². The Hall–Kier alpha value is -2.04. The molecule has 0 aliphatic rings. The van der Waals surface area contributed by atoms with Crippen LogP contribution < -0.4 is 0 Å². The molecule has 0 aliphatic carbocycles. The van der Waals surface area contributed by atoms with Gasteiger partial charge in [-0.15, -0.1) is 0 Å². The molecule has 0 aromatic heterocycles. The minimum Gasteiger partial charge on any atom is -0.405 e. The molecular weight excluding hydrogens is 340 g/mol. The van der Waals surface area contributed by atoms with Crippen LogP contribution in [0.2, 0.25) is 18.6 Å². The highest BCUT2D eigenvalue weighted by Crippen LogP contribution is 2.27. The van der Waals surface area contributed by atoms with E-state index in [1.807, 2.05) is 32.0 Å². The highest BCUT2D eigenvalue weighted by atomic mass is 28.4. The van der Waals surface area contributed by atoms with Gasteiger partial charge < -0.3 is 4.43 Å². The molecule has 0 aliphatic heterocycles. The van der Waals surface area contributed by atoms with Gasteiger partial charge in [-0.3, -0.25) is 9.59 Å². The molecule has 0 unspecified atom stereocenters. The van der Waals surface area contributed by atoms with Gasteiger partial charge in [-0.1, -0.05) is 68.4 Å². The summed E-state index contributed by atoms with van der Waals surface area (Å²) in [4.78, 5) is 25.4. The maximum absolute atomic E-state index is 12.9. The predicted molar refractivity (Wildman–Crippen MR) is 108 cm³/mol. The Morgan fingerprint density at radius 3 is 1.81 bits per heavy atom. The van der Waals surface area contributed by atoms with Crippen molar-refractivity contribution in [3.8, 4) is 0 Å². The van der Waals surface area contributed by atoms with Crippen molar-refractivity contribution in [3.05, 3.63) is 71.3 Å². The van der Waals surface area contributed by atoms with E-state index in [2.05, 4.69) is 20.4 Å². The molecule has 0 saturated carbocycles. The van der Waals surface area contributed by atoms with Crippen molar-refractivity contribution in [2.75, 3.05) is 0 Å². The van der Waals surface area contributed by atoms with Crippen LogP contribution in [0, 0.1) is 0 Å². The molecule has 26 heavy (non-hydrogen) atoms. The smallest absolute Gasteiger partial charge is 0.193 e. The Morgan fingerprint density at radius 2 is 1.31 bits per heavy atom. The number of ketones is 2. The summed E-state index contributed by atoms with van der Waals surface area (Å²) in [6.07, 6.45) is 0. The molecule has 2 aromatic rings. The third-order valence-corrected chi connectivity index (χ3v) is 8.98. The van der Waals surface area contributed by atoms with Crippen molar-refractivity contribution >= 4 is 19.9 Å². The van der Waals surface area contributed by atoms with Gasteiger partial charge in [-0.25, -0.2) is 0 Å². The first-order chi connectivity index (χ1) is 12.2. The van der Waals surface area contributed by atoms with E-state index in [0.29, 0.717) is 16.7 Å². The summed E-state index contributed by atoms with van der Waals surface area (Å²) < 4.78 is 6.31. The summed E-state index contributed by atoms with van der Waals surface area (Å²) in [7, 11) is -1.88. The molecular formula is C22H28O3Si. The maximum atomic E-state index is 12.9. The Labute approximate surface area is 157 Å². The topological polar surface area (TPSA) is 43.4 Å². The highest BCUT2D eigenvalue weighted by Gasteiger charge is 2.37. The molecule has 0 N–H and O–H groups in total. The van der Waals surface area contributed by atoms with Crippen LogP contribution in [0.1, 0.15) is 54.0 Å². The van der Waals surface area contributed by atoms with E-state index < -0.39 is 13.9 Å². The van der Waals surface area contributed by atoms with Crippen LogP contribution >= 0.6 is 0 Å². The Bertz CT molecular complexity index is 760. The molecule has 0 bridgehead atoms. The zero-order valence-electron chi connectivity index (χ0n) is 16.3. The van der Waals surface area contributed by atoms with Crippen LogP contribution in [0.5, 0.6) is 0 Å². The van der Waals surface area contributed by atoms with Crippen LogP contribution in [-0.2, 0) is 4.43 Å². The van der Waals surface area contributed by atoms with Gasteiger partial charge in [-0.05, 0) is 32.5 Å². The summed E-state index contributed by atoms with van der Waals surface area (Å²) in [6, 6.07) is 18.0. The lowest BCUT2D eigenvalue weighted by Gasteiger charge is -2.35. The van der Waals surface area contributed by atoms with Gasteiger partial charge >= 0.3 is 0 Å². The second-order valence-electron chi connectivity index (χ2n) is 7.37. The van der Waals surface area contributed by atoms with Gasteiger partial charge in [0.05, 0.1) is 0 Å². The number of carbonyl (C=O) groups is 2. The standard InChI is InChI=1S/C22H28O3Si/c1-6-26(5,7-2)25-22(3,4)21(24)19-15-13-18(14-16-19)20(23)17-11-9-8-10-12-17/h8-16H,6-7H2,1-5H3. The largest absolute Gasteiger partial charge is 0.405 e. The molecule has 0 heterocycles. The van der Waals surface area contributed by atoms with E-state index in [1.54, 1.807) is 36.4 Å². The second kappa shape index (κ2) is 8.10. The fourth-order valence-electron chi connectivity index (χ4n) is 2.93. The van der Waals surface area contributed by atoms with Gasteiger partial charge in [0.15, 0.2) is 19.9 Å². The second-order valence-corrected chi connectivity index (χ2v) is 11.9. The molecule has 138 valence electrons. The number of Topliss-reactive ketones (excluding diaryl/α,β-unsaturated/α-hetero) is 1. The zero-order chi connectivity index (χ0) is 19.4. The molecule has 2 rings (SSSR count). The molecule has 0 saturated heterocycles. The molecule has 0 fully saturated rings. The summed E-state index contributed by atoms with van der Waals surface area (Å²) in [5.74, 6) is -0.0890. The minimum absolute atomic E-state index is 0.0444. The first kappa shape index (κ1) is 20.3. The Morgan fingerprint density at radius 1 is 0.846 bits per heavy atom. The normalized spacial score (nSPS) is 12.0. The minimum atomic E-state index is -1.88. The Kier molecular flexibility index (Phi) is 6.32. The maximum Gasteiger partial charge on any atom is 0.193 e. The fraction of sp³-hybridized carbons (Fsp3) is 0.364. The predicted octanol–water partition coefficient (Wildman–Crippen LogP) is 5.51. The van der Waals surface area contributed by atoms with E-state index in [4.69, 9.17) is 4.43 Å². The van der Waals surface area contributed by atoms with Crippen molar-refractivity contribution in [1.29, 1.82) is 0 Å². The van der Waals surface area contributed by atoms with Gasteiger partial charge in [-0.2, -0.15) is 0 Å². The van der Waals surface area contributed by atoms with E-state index in [9.17, 15) is 9.59 Å². The zero-order valence-corrected chi connectivity index (χ0v) is 17.3. The first-order valence-corrected chi connectivity index (χ1v) is 12.0. The van der Waals surface area contributed by atoms with E-state index in [1.165, 1.54) is 0 Å². The summed E-state index contributed by atoms with van der Waals surface area (Å²) in [5.41, 5.74) is 0.927. The molecule has 2 aromatic carbocycles. The van der Waals surface area contributed by atoms with Crippen LogP contribution in [-0.4, -0.2) is 25.5 Å². The quantitative estimate of drug-likeness (QED) is 0.456. The van der Waals surface area contributed by atoms with Crippen LogP contribution in [0.25, 0.3) is 0 Å². The average Bonchev–Trinajstić information content (AvgIpc) is 2.67. The van der Waals surface area contributed by atoms with Crippen LogP contribution in [0.3, 0.4) is 0 Å². The molecule has 3 nitrogen and oxygen atoms in total.